The van der Waals surface area contributed by atoms with Crippen molar-refractivity contribution < 1.29 is 9.18 Å². The lowest BCUT2D eigenvalue weighted by Crippen LogP contribution is -2.49. The number of nitrogens with zero attached hydrogens (tertiary/aromatic N) is 3. The van der Waals surface area contributed by atoms with Crippen LogP contribution in [0.5, 0.6) is 0 Å². The van der Waals surface area contributed by atoms with E-state index in [2.05, 4.69) is 4.98 Å². The Morgan fingerprint density at radius 3 is 2.72 bits per heavy atom. The molecule has 1 aromatic carbocycles. The summed E-state index contributed by atoms with van der Waals surface area (Å²) in [4.78, 5) is 23.3. The first kappa shape index (κ1) is 22.8. The summed E-state index contributed by atoms with van der Waals surface area (Å²) in [5, 5.41) is 0.905. The van der Waals surface area contributed by atoms with Crippen molar-refractivity contribution >= 4 is 46.3 Å². The summed E-state index contributed by atoms with van der Waals surface area (Å²) < 4.78 is 14.2. The molecule has 168 valence electrons. The lowest BCUT2D eigenvalue weighted by atomic mass is 9.66. The van der Waals surface area contributed by atoms with Gasteiger partial charge in [-0.3, -0.25) is 14.8 Å². The van der Waals surface area contributed by atoms with Crippen LogP contribution in [0.4, 0.5) is 4.39 Å². The monoisotopic (exact) mass is 472 g/mol. The number of aliphatic imine (C=N–C) groups is 1. The predicted octanol–water partition coefficient (Wildman–Crippen LogP) is 4.89. The number of carbonyl (C=O) groups is 1. The zero-order chi connectivity index (χ0) is 23.3. The molecule has 0 saturated heterocycles. The van der Waals surface area contributed by atoms with Gasteiger partial charge in [-0.1, -0.05) is 49.3 Å². The Bertz CT molecular complexity index is 1130. The summed E-state index contributed by atoms with van der Waals surface area (Å²) in [6, 6.07) is 9.00. The van der Waals surface area contributed by atoms with Crippen molar-refractivity contribution in [2.75, 3.05) is 14.1 Å². The van der Waals surface area contributed by atoms with Crippen molar-refractivity contribution in [2.24, 2.45) is 16.6 Å². The summed E-state index contributed by atoms with van der Waals surface area (Å²) in [6.07, 6.45) is 4.38. The number of hydrogen-bond donors (Lipinski definition) is 1. The standard InChI is InChI=1S/C22H20ClFN4OS.C2H6/c1-28(2)19(29)22-10-18(22)21(27-20(25)30-22)9-13-4-3-12(7-15(13)21)8-16(24)17-6-5-14(23)11-26-17;1-2/h3-8,11,18H,9-10H2,1-2H3,(H2,25,27);1-2H3/b16-8-;/t18-,21+,22-;/m0./s1. The number of amides is 1. The molecule has 1 aromatic heterocycles. The van der Waals surface area contributed by atoms with Gasteiger partial charge in [0.15, 0.2) is 5.17 Å². The molecule has 2 aliphatic carbocycles. The number of thioether (sulfide) groups is 1. The molecule has 1 fully saturated rings. The number of halogens is 2. The Hall–Kier alpha value is -2.38. The van der Waals surface area contributed by atoms with E-state index >= 15 is 0 Å². The van der Waals surface area contributed by atoms with Gasteiger partial charge in [0.05, 0.1) is 16.3 Å². The van der Waals surface area contributed by atoms with Crippen molar-refractivity contribution in [3.63, 3.8) is 0 Å². The highest BCUT2D eigenvalue weighted by molar-refractivity contribution is 8.15. The highest BCUT2D eigenvalue weighted by Gasteiger charge is 2.73. The zero-order valence-electron chi connectivity index (χ0n) is 18.5. The van der Waals surface area contributed by atoms with E-state index in [1.165, 1.54) is 29.6 Å². The Morgan fingerprint density at radius 1 is 1.31 bits per heavy atom. The Morgan fingerprint density at radius 2 is 2.06 bits per heavy atom. The van der Waals surface area contributed by atoms with Crippen molar-refractivity contribution in [2.45, 2.75) is 37.0 Å². The maximum atomic E-state index is 14.7. The predicted molar refractivity (Wildman–Crippen MR) is 130 cm³/mol. The Kier molecular flexibility index (Phi) is 5.84. The average molecular weight is 473 g/mol. The van der Waals surface area contributed by atoms with Crippen molar-refractivity contribution in [1.29, 1.82) is 0 Å². The zero-order valence-corrected chi connectivity index (χ0v) is 20.1. The normalized spacial score (nSPS) is 27.2. The second-order valence-electron chi connectivity index (χ2n) is 8.27. The molecule has 5 nitrogen and oxygen atoms in total. The third kappa shape index (κ3) is 3.52. The number of carbonyl (C=O) groups excluding carboxylic acids is 1. The van der Waals surface area contributed by atoms with Crippen LogP contribution >= 0.6 is 23.4 Å². The molecule has 2 N–H and O–H groups in total. The van der Waals surface area contributed by atoms with Gasteiger partial charge in [0.25, 0.3) is 0 Å². The molecule has 0 bridgehead atoms. The first-order chi connectivity index (χ1) is 15.2. The summed E-state index contributed by atoms with van der Waals surface area (Å²) >= 11 is 7.22. The van der Waals surface area contributed by atoms with E-state index in [0.717, 1.165) is 24.0 Å². The number of nitrogens with two attached hydrogens (primary N) is 1. The van der Waals surface area contributed by atoms with Crippen molar-refractivity contribution in [3.8, 4) is 0 Å². The minimum absolute atomic E-state index is 0.0825. The van der Waals surface area contributed by atoms with Crippen molar-refractivity contribution in [3.05, 3.63) is 63.9 Å². The van der Waals surface area contributed by atoms with Crippen LogP contribution in [-0.4, -0.2) is 39.8 Å². The van der Waals surface area contributed by atoms with Crippen LogP contribution in [0.1, 0.15) is 42.7 Å². The molecule has 1 aliphatic heterocycles. The second kappa shape index (κ2) is 8.19. The van der Waals surface area contributed by atoms with Crippen LogP contribution in [0.3, 0.4) is 0 Å². The van der Waals surface area contributed by atoms with Crippen LogP contribution in [0.15, 0.2) is 41.5 Å². The lowest BCUT2D eigenvalue weighted by Gasteiger charge is -2.45. The van der Waals surface area contributed by atoms with Gasteiger partial charge in [-0.2, -0.15) is 0 Å². The fourth-order valence-electron chi connectivity index (χ4n) is 4.72. The minimum atomic E-state index is -0.530. The molecule has 0 unspecified atom stereocenters. The second-order valence-corrected chi connectivity index (χ2v) is 10.1. The molecule has 5 rings (SSSR count). The van der Waals surface area contributed by atoms with Crippen LogP contribution in [-0.2, 0) is 16.8 Å². The van der Waals surface area contributed by atoms with Gasteiger partial charge >= 0.3 is 0 Å². The van der Waals surface area contributed by atoms with Gasteiger partial charge in [-0.15, -0.1) is 0 Å². The highest BCUT2D eigenvalue weighted by Crippen LogP contribution is 2.69. The molecular formula is C24H26ClFN4OS. The van der Waals surface area contributed by atoms with Gasteiger partial charge in [0.2, 0.25) is 5.91 Å². The summed E-state index contributed by atoms with van der Waals surface area (Å²) in [5.41, 5.74) is 8.84. The first-order valence-corrected chi connectivity index (χ1v) is 11.8. The van der Waals surface area contributed by atoms with Crippen LogP contribution in [0.25, 0.3) is 11.9 Å². The van der Waals surface area contributed by atoms with Gasteiger partial charge in [-0.25, -0.2) is 4.39 Å². The molecule has 8 heteroatoms. The largest absolute Gasteiger partial charge is 0.378 e. The third-order valence-corrected chi connectivity index (χ3v) is 7.69. The Balaban J connectivity index is 0.00000119. The SMILES string of the molecule is CC.CN(C)C(=O)[C@]12C[C@H]1[C@]1(Cc3ccc(/C=C(\F)c4ccc(Cl)cn4)cc31)N=C(N)S2. The summed E-state index contributed by atoms with van der Waals surface area (Å²) in [5.74, 6) is -0.253. The molecule has 2 heterocycles. The summed E-state index contributed by atoms with van der Waals surface area (Å²) in [7, 11) is 3.54. The molecule has 3 aliphatic rings. The molecule has 0 radical (unpaired) electrons. The molecule has 32 heavy (non-hydrogen) atoms. The molecule has 3 atom stereocenters. The fourth-order valence-corrected chi connectivity index (χ4v) is 6.27. The lowest BCUT2D eigenvalue weighted by molar-refractivity contribution is -0.129. The molecule has 1 saturated carbocycles. The van der Waals surface area contributed by atoms with Crippen LogP contribution < -0.4 is 5.73 Å². The number of hydrogen-bond acceptors (Lipinski definition) is 5. The molecule has 2 aromatic rings. The number of pyridine rings is 1. The molecular weight excluding hydrogens is 447 g/mol. The van der Waals surface area contributed by atoms with E-state index in [1.807, 2.05) is 32.0 Å². The smallest absolute Gasteiger partial charge is 0.239 e. The molecule has 1 amide bonds. The van der Waals surface area contributed by atoms with E-state index in [-0.39, 0.29) is 17.5 Å². The van der Waals surface area contributed by atoms with Crippen LogP contribution in [0, 0.1) is 5.92 Å². The maximum Gasteiger partial charge on any atom is 0.239 e. The van der Waals surface area contributed by atoms with E-state index in [1.54, 1.807) is 31.1 Å². The van der Waals surface area contributed by atoms with Gasteiger partial charge in [0, 0.05) is 32.6 Å². The number of aromatic nitrogens is 1. The fraction of sp³-hybridized carbons (Fsp3) is 0.375. The van der Waals surface area contributed by atoms with Crippen molar-refractivity contribution in [1.82, 2.24) is 9.88 Å². The number of benzene rings is 1. The number of fused-ring (bicyclic) bond motifs is 4. The average Bonchev–Trinajstić information content (AvgIpc) is 3.51. The van der Waals surface area contributed by atoms with E-state index < -0.39 is 16.1 Å². The highest BCUT2D eigenvalue weighted by atomic mass is 35.5. The molecule has 1 spiro atoms. The van der Waals surface area contributed by atoms with E-state index in [4.69, 9.17) is 22.3 Å². The minimum Gasteiger partial charge on any atom is -0.378 e. The third-order valence-electron chi connectivity index (χ3n) is 6.18. The number of amidine groups is 1. The van der Waals surface area contributed by atoms with Crippen LogP contribution in [0.2, 0.25) is 5.02 Å². The Labute approximate surface area is 196 Å². The van der Waals surface area contributed by atoms with Gasteiger partial charge < -0.3 is 10.6 Å². The topological polar surface area (TPSA) is 71.6 Å². The van der Waals surface area contributed by atoms with E-state index in [9.17, 15) is 9.18 Å². The number of rotatable bonds is 3. The quantitative estimate of drug-likeness (QED) is 0.690. The van der Waals surface area contributed by atoms with E-state index in [0.29, 0.717) is 10.2 Å². The summed E-state index contributed by atoms with van der Waals surface area (Å²) in [6.45, 7) is 4.00. The first-order valence-electron chi connectivity index (χ1n) is 10.6. The maximum absolute atomic E-state index is 14.7. The van der Waals surface area contributed by atoms with Gasteiger partial charge in [0.1, 0.15) is 10.6 Å². The van der Waals surface area contributed by atoms with Gasteiger partial charge in [-0.05, 0) is 47.4 Å².